The SMILES string of the molecule is CCn1c2ccccc2c2cc(N(c3ccccc3)c3ccc4cc5c(cc4c3)oc3c(C(C)C)c4oc6cc7cc(N(c8ccccc8)c8ccc9c(c8)c8ccccc8n9CC)ccc7cc6c4cc35)ccc21. The van der Waals surface area contributed by atoms with Gasteiger partial charge in [0, 0.05) is 118 Å². The predicted molar refractivity (Wildman–Crippen MR) is 317 cm³/mol. The molecule has 15 rings (SSSR count). The Morgan fingerprint density at radius 3 is 1.17 bits per heavy atom. The van der Waals surface area contributed by atoms with E-state index in [0.29, 0.717) is 0 Å². The van der Waals surface area contributed by atoms with Crippen LogP contribution in [0.3, 0.4) is 0 Å². The Kier molecular flexibility index (Phi) is 9.61. The summed E-state index contributed by atoms with van der Waals surface area (Å²) in [5.41, 5.74) is 16.2. The van der Waals surface area contributed by atoms with Gasteiger partial charge in [-0.2, -0.15) is 0 Å². The van der Waals surface area contributed by atoms with Crippen molar-refractivity contribution in [1.82, 2.24) is 9.13 Å². The Balaban J connectivity index is 0.848. The van der Waals surface area contributed by atoms with Crippen LogP contribution in [0.2, 0.25) is 0 Å². The first-order chi connectivity index (χ1) is 36.9. The van der Waals surface area contributed by atoms with Crippen LogP contribution in [-0.4, -0.2) is 9.13 Å². The molecule has 360 valence electrons. The van der Waals surface area contributed by atoms with Crippen LogP contribution >= 0.6 is 0 Å². The number of nitrogens with zero attached hydrogens (tertiary/aromatic N) is 4. The predicted octanol–water partition coefficient (Wildman–Crippen LogP) is 20.1. The molecule has 0 amide bonds. The van der Waals surface area contributed by atoms with Crippen molar-refractivity contribution in [3.05, 3.63) is 218 Å². The second kappa shape index (κ2) is 16.6. The van der Waals surface area contributed by atoms with Gasteiger partial charge < -0.3 is 27.8 Å². The molecule has 75 heavy (non-hydrogen) atoms. The number of hydrogen-bond acceptors (Lipinski definition) is 4. The van der Waals surface area contributed by atoms with E-state index in [0.717, 1.165) is 118 Å². The lowest BCUT2D eigenvalue weighted by atomic mass is 9.95. The molecule has 0 saturated carbocycles. The number of rotatable bonds is 9. The van der Waals surface area contributed by atoms with Crippen molar-refractivity contribution in [1.29, 1.82) is 0 Å². The number of aromatic nitrogens is 2. The first-order valence-electron chi connectivity index (χ1n) is 26.4. The minimum Gasteiger partial charge on any atom is -0.456 e. The summed E-state index contributed by atoms with van der Waals surface area (Å²) in [5, 5.41) is 14.0. The number of anilines is 6. The van der Waals surface area contributed by atoms with E-state index in [1.165, 1.54) is 43.6 Å². The summed E-state index contributed by atoms with van der Waals surface area (Å²) < 4.78 is 18.8. The minimum atomic E-state index is 0.144. The van der Waals surface area contributed by atoms with E-state index in [-0.39, 0.29) is 5.92 Å². The van der Waals surface area contributed by atoms with Crippen LogP contribution in [0.25, 0.3) is 109 Å². The van der Waals surface area contributed by atoms with E-state index in [9.17, 15) is 0 Å². The van der Waals surface area contributed by atoms with Crippen LogP contribution in [0.4, 0.5) is 34.1 Å². The van der Waals surface area contributed by atoms with E-state index >= 15 is 0 Å². The van der Waals surface area contributed by atoms with Crippen molar-refractivity contribution in [2.24, 2.45) is 0 Å². The van der Waals surface area contributed by atoms with Crippen LogP contribution in [0.5, 0.6) is 0 Å². The standard InChI is InChI=1S/C69H52N4O2/c1-5-70-61-23-15-13-21-53(61)55-39-51(29-31-63(55)70)72(47-17-9-7-10-18-47)49-27-25-43-35-57-59-41-60-58-36-44-26-28-50(34-46(44)38-66(58)75-69(60)67(42(3)4)68(59)74-65(57)37-45(43)33-49)73(48-19-11-8-12-20-48)52-30-32-64-56(40-52)54-22-14-16-24-62(54)71(64)6-2/h7-42H,5-6H2,1-4H3. The van der Waals surface area contributed by atoms with Gasteiger partial charge in [-0.3, -0.25) is 0 Å². The van der Waals surface area contributed by atoms with E-state index < -0.39 is 0 Å². The lowest BCUT2D eigenvalue weighted by Gasteiger charge is -2.26. The smallest absolute Gasteiger partial charge is 0.142 e. The number of furan rings is 2. The number of para-hydroxylation sites is 4. The number of fused-ring (bicyclic) bond motifs is 14. The quantitative estimate of drug-likeness (QED) is 0.145. The molecule has 0 bridgehead atoms. The summed E-state index contributed by atoms with van der Waals surface area (Å²) in [6.45, 7) is 10.7. The molecule has 0 atom stereocenters. The van der Waals surface area contributed by atoms with Crippen LogP contribution in [-0.2, 0) is 13.1 Å². The fraction of sp³-hybridized carbons (Fsp3) is 0.101. The monoisotopic (exact) mass is 968 g/mol. The molecule has 6 nitrogen and oxygen atoms in total. The summed E-state index contributed by atoms with van der Waals surface area (Å²) in [5.74, 6) is 0.144. The Morgan fingerprint density at radius 2 is 0.733 bits per heavy atom. The van der Waals surface area contributed by atoms with Gasteiger partial charge >= 0.3 is 0 Å². The molecule has 4 heterocycles. The third-order valence-corrected chi connectivity index (χ3v) is 15.9. The number of benzene rings is 11. The van der Waals surface area contributed by atoms with Crippen molar-refractivity contribution in [2.75, 3.05) is 9.80 Å². The Labute approximate surface area is 433 Å². The topological polar surface area (TPSA) is 42.6 Å². The highest BCUT2D eigenvalue weighted by Gasteiger charge is 2.24. The number of aryl methyl sites for hydroxylation is 2. The van der Waals surface area contributed by atoms with Gasteiger partial charge in [-0.1, -0.05) is 98.8 Å². The summed E-state index contributed by atoms with van der Waals surface area (Å²) >= 11 is 0. The molecule has 0 aliphatic heterocycles. The minimum absolute atomic E-state index is 0.144. The number of hydrogen-bond donors (Lipinski definition) is 0. The average molecular weight is 969 g/mol. The van der Waals surface area contributed by atoms with Crippen molar-refractivity contribution < 1.29 is 8.83 Å². The molecule has 0 spiro atoms. The third kappa shape index (κ3) is 6.58. The molecule has 0 radical (unpaired) electrons. The molecule has 0 fully saturated rings. The molecular formula is C69H52N4O2. The van der Waals surface area contributed by atoms with Gasteiger partial charge in [-0.25, -0.2) is 0 Å². The van der Waals surface area contributed by atoms with Gasteiger partial charge in [-0.15, -0.1) is 0 Å². The van der Waals surface area contributed by atoms with E-state index in [1.807, 2.05) is 0 Å². The van der Waals surface area contributed by atoms with Gasteiger partial charge in [0.15, 0.2) is 0 Å². The van der Waals surface area contributed by atoms with Gasteiger partial charge in [0.05, 0.1) is 0 Å². The van der Waals surface area contributed by atoms with Crippen LogP contribution in [0, 0.1) is 0 Å². The fourth-order valence-electron chi connectivity index (χ4n) is 12.5. The lowest BCUT2D eigenvalue weighted by molar-refractivity contribution is 0.638. The van der Waals surface area contributed by atoms with Crippen LogP contribution < -0.4 is 9.80 Å². The highest BCUT2D eigenvalue weighted by atomic mass is 16.3. The second-order valence-corrected chi connectivity index (χ2v) is 20.4. The van der Waals surface area contributed by atoms with E-state index in [1.54, 1.807) is 0 Å². The molecule has 0 saturated heterocycles. The maximum atomic E-state index is 7.01. The Hall–Kier alpha value is -9.26. The van der Waals surface area contributed by atoms with Gasteiger partial charge in [0.25, 0.3) is 0 Å². The third-order valence-electron chi connectivity index (χ3n) is 15.9. The molecule has 0 aliphatic rings. The maximum Gasteiger partial charge on any atom is 0.142 e. The average Bonchev–Trinajstić information content (AvgIpc) is 4.20. The zero-order chi connectivity index (χ0) is 50.1. The maximum absolute atomic E-state index is 7.01. The molecule has 6 heteroatoms. The van der Waals surface area contributed by atoms with Gasteiger partial charge in [0.1, 0.15) is 22.3 Å². The molecule has 0 unspecified atom stereocenters. The summed E-state index contributed by atoms with van der Waals surface area (Å²) in [6, 6.07) is 77.7. The Bertz CT molecular complexity index is 4490. The first-order valence-corrected chi connectivity index (χ1v) is 26.4. The summed E-state index contributed by atoms with van der Waals surface area (Å²) in [6.07, 6.45) is 0. The molecule has 11 aromatic carbocycles. The fourth-order valence-corrected chi connectivity index (χ4v) is 12.5. The first kappa shape index (κ1) is 43.3. The molecular weight excluding hydrogens is 917 g/mol. The van der Waals surface area contributed by atoms with Gasteiger partial charge in [0.2, 0.25) is 0 Å². The largest absolute Gasteiger partial charge is 0.456 e. The lowest BCUT2D eigenvalue weighted by Crippen LogP contribution is -2.09. The second-order valence-electron chi connectivity index (χ2n) is 20.4. The van der Waals surface area contributed by atoms with Crippen LogP contribution in [0.15, 0.2) is 221 Å². The molecule has 15 aromatic rings. The summed E-state index contributed by atoms with van der Waals surface area (Å²) in [7, 11) is 0. The van der Waals surface area contributed by atoms with Crippen molar-refractivity contribution in [3.63, 3.8) is 0 Å². The highest BCUT2D eigenvalue weighted by Crippen LogP contribution is 2.47. The van der Waals surface area contributed by atoms with Crippen molar-refractivity contribution in [2.45, 2.75) is 46.7 Å². The zero-order valence-corrected chi connectivity index (χ0v) is 42.3. The van der Waals surface area contributed by atoms with Crippen LogP contribution in [0.1, 0.15) is 39.2 Å². The Morgan fingerprint density at radius 1 is 0.333 bits per heavy atom. The van der Waals surface area contributed by atoms with E-state index in [4.69, 9.17) is 8.83 Å². The highest BCUT2D eigenvalue weighted by molar-refractivity contribution is 6.20. The van der Waals surface area contributed by atoms with Crippen molar-refractivity contribution >= 4 is 143 Å². The normalized spacial score (nSPS) is 12.2. The van der Waals surface area contributed by atoms with E-state index in [2.05, 4.69) is 259 Å². The zero-order valence-electron chi connectivity index (χ0n) is 42.3. The molecule has 0 N–H and O–H groups in total. The van der Waals surface area contributed by atoms with Gasteiger partial charge in [-0.05, 0) is 169 Å². The summed E-state index contributed by atoms with van der Waals surface area (Å²) in [4.78, 5) is 4.74. The van der Waals surface area contributed by atoms with Crippen molar-refractivity contribution in [3.8, 4) is 0 Å². The molecule has 4 aromatic heterocycles. The molecule has 0 aliphatic carbocycles.